The summed E-state index contributed by atoms with van der Waals surface area (Å²) in [7, 11) is 0. The Morgan fingerprint density at radius 3 is 2.18 bits per heavy atom. The van der Waals surface area contributed by atoms with Crippen LogP contribution in [-0.4, -0.2) is 59.6 Å². The molecule has 2 aliphatic rings. The first-order valence-electron chi connectivity index (χ1n) is 11.2. The van der Waals surface area contributed by atoms with Gasteiger partial charge in [-0.1, -0.05) is 48.5 Å². The van der Waals surface area contributed by atoms with E-state index in [1.54, 1.807) is 0 Å². The minimum Gasteiger partial charge on any atom is -0.480 e. The van der Waals surface area contributed by atoms with Gasteiger partial charge in [-0.25, -0.2) is 18.4 Å². The molecule has 0 saturated heterocycles. The number of amides is 2. The van der Waals surface area contributed by atoms with Crippen molar-refractivity contribution in [3.63, 3.8) is 0 Å². The number of benzene rings is 2. The summed E-state index contributed by atoms with van der Waals surface area (Å²) in [5.74, 6) is -8.75. The SMILES string of the molecule is CCN(C(=O)[C@@H]1[C@H](CNC(=O)OCC2c3ccccc3-c3ccccc32)C1(F)F)C(C)C(=O)O. The minimum absolute atomic E-state index is 0.00852. The summed E-state index contributed by atoms with van der Waals surface area (Å²) >= 11 is 0. The third kappa shape index (κ3) is 4.10. The summed E-state index contributed by atoms with van der Waals surface area (Å²) in [6.07, 6.45) is -0.845. The molecule has 1 unspecified atom stereocenters. The standard InChI is InChI=1S/C25H26F2N2O5/c1-3-29(14(2)23(31)32)22(30)21-20(25(21,26)27)12-28-24(33)34-13-19-17-10-6-4-8-15(17)16-9-5-7-11-18(16)19/h4-11,14,19-21H,3,12-13H2,1-2H3,(H,28,33)(H,31,32)/t14?,20-,21-/m0/s1. The lowest BCUT2D eigenvalue weighted by Crippen LogP contribution is -2.44. The maximum Gasteiger partial charge on any atom is 0.407 e. The Morgan fingerprint density at radius 1 is 1.09 bits per heavy atom. The number of hydrogen-bond donors (Lipinski definition) is 2. The molecule has 180 valence electrons. The van der Waals surface area contributed by atoms with Gasteiger partial charge in [-0.05, 0) is 36.1 Å². The van der Waals surface area contributed by atoms with Crippen LogP contribution in [0, 0.1) is 11.8 Å². The lowest BCUT2D eigenvalue weighted by Gasteiger charge is -2.25. The predicted molar refractivity (Wildman–Crippen MR) is 119 cm³/mol. The van der Waals surface area contributed by atoms with Crippen molar-refractivity contribution >= 4 is 18.0 Å². The van der Waals surface area contributed by atoms with Crippen LogP contribution in [0.5, 0.6) is 0 Å². The Hall–Kier alpha value is -3.49. The fourth-order valence-electron chi connectivity index (χ4n) is 4.76. The predicted octanol–water partition coefficient (Wildman–Crippen LogP) is 3.73. The molecule has 1 saturated carbocycles. The molecule has 9 heteroatoms. The Bertz CT molecular complexity index is 1080. The van der Waals surface area contributed by atoms with Gasteiger partial charge in [-0.15, -0.1) is 0 Å². The summed E-state index contributed by atoms with van der Waals surface area (Å²) in [4.78, 5) is 36.9. The molecule has 4 rings (SSSR count). The normalized spacial score (nSPS) is 20.6. The van der Waals surface area contributed by atoms with E-state index in [9.17, 15) is 23.2 Å². The highest BCUT2D eigenvalue weighted by molar-refractivity contribution is 5.88. The first-order chi connectivity index (χ1) is 16.2. The van der Waals surface area contributed by atoms with Crippen LogP contribution in [0.1, 0.15) is 30.9 Å². The molecule has 0 bridgehead atoms. The number of alkyl carbamates (subject to hydrolysis) is 1. The zero-order valence-corrected chi connectivity index (χ0v) is 18.8. The number of carboxylic acids is 1. The van der Waals surface area contributed by atoms with E-state index in [1.165, 1.54) is 13.8 Å². The average molecular weight is 472 g/mol. The van der Waals surface area contributed by atoms with Crippen molar-refractivity contribution < 1.29 is 33.0 Å². The number of fused-ring (bicyclic) bond motifs is 3. The molecular formula is C25H26F2N2O5. The number of ether oxygens (including phenoxy) is 1. The van der Waals surface area contributed by atoms with Crippen molar-refractivity contribution in [3.8, 4) is 11.1 Å². The first-order valence-corrected chi connectivity index (χ1v) is 11.2. The van der Waals surface area contributed by atoms with Gasteiger partial charge in [-0.2, -0.15) is 0 Å². The quantitative estimate of drug-likeness (QED) is 0.611. The van der Waals surface area contributed by atoms with Crippen LogP contribution < -0.4 is 5.32 Å². The Labute approximate surface area is 195 Å². The zero-order valence-electron chi connectivity index (χ0n) is 18.8. The fraction of sp³-hybridized carbons (Fsp3) is 0.400. The molecule has 2 aromatic carbocycles. The highest BCUT2D eigenvalue weighted by Crippen LogP contribution is 2.55. The van der Waals surface area contributed by atoms with Gasteiger partial charge in [0.25, 0.3) is 5.92 Å². The number of alkyl halides is 2. The zero-order chi connectivity index (χ0) is 24.6. The largest absolute Gasteiger partial charge is 0.480 e. The molecule has 0 spiro atoms. The molecule has 0 radical (unpaired) electrons. The highest BCUT2D eigenvalue weighted by Gasteiger charge is 2.72. The Morgan fingerprint density at radius 2 is 1.65 bits per heavy atom. The topological polar surface area (TPSA) is 95.9 Å². The fourth-order valence-corrected chi connectivity index (χ4v) is 4.76. The van der Waals surface area contributed by atoms with Crippen molar-refractivity contribution in [2.45, 2.75) is 31.7 Å². The number of carboxylic acid groups (broad SMARTS) is 1. The molecule has 1 fully saturated rings. The minimum atomic E-state index is -3.32. The maximum atomic E-state index is 14.3. The smallest absolute Gasteiger partial charge is 0.407 e. The molecule has 0 aromatic heterocycles. The van der Waals surface area contributed by atoms with Crippen molar-refractivity contribution in [2.75, 3.05) is 19.7 Å². The lowest BCUT2D eigenvalue weighted by atomic mass is 9.98. The van der Waals surface area contributed by atoms with Gasteiger partial charge in [0, 0.05) is 19.0 Å². The number of aliphatic carboxylic acids is 1. The summed E-state index contributed by atoms with van der Waals surface area (Å²) < 4.78 is 33.9. The molecule has 2 aromatic rings. The average Bonchev–Trinajstić information content (AvgIpc) is 3.22. The third-order valence-corrected chi connectivity index (χ3v) is 6.73. The Balaban J connectivity index is 1.34. The second kappa shape index (κ2) is 9.04. The van der Waals surface area contributed by atoms with E-state index in [4.69, 9.17) is 9.84 Å². The number of carbonyl (C=O) groups is 3. The van der Waals surface area contributed by atoms with E-state index in [2.05, 4.69) is 5.32 Å². The number of nitrogens with zero attached hydrogens (tertiary/aromatic N) is 1. The molecule has 34 heavy (non-hydrogen) atoms. The Kier molecular flexibility index (Phi) is 6.29. The molecule has 2 aliphatic carbocycles. The first kappa shape index (κ1) is 23.7. The molecule has 2 amide bonds. The second-order valence-corrected chi connectivity index (χ2v) is 8.60. The van der Waals surface area contributed by atoms with E-state index < -0.39 is 48.3 Å². The number of carbonyl (C=O) groups excluding carboxylic acids is 2. The maximum absolute atomic E-state index is 14.3. The molecule has 7 nitrogen and oxygen atoms in total. The molecular weight excluding hydrogens is 446 g/mol. The van der Waals surface area contributed by atoms with E-state index >= 15 is 0 Å². The van der Waals surface area contributed by atoms with Gasteiger partial charge < -0.3 is 20.1 Å². The van der Waals surface area contributed by atoms with Crippen LogP contribution in [0.25, 0.3) is 11.1 Å². The van der Waals surface area contributed by atoms with Crippen LogP contribution in [0.15, 0.2) is 48.5 Å². The van der Waals surface area contributed by atoms with Crippen LogP contribution in [0.2, 0.25) is 0 Å². The highest BCUT2D eigenvalue weighted by atomic mass is 19.3. The number of hydrogen-bond acceptors (Lipinski definition) is 4. The van der Waals surface area contributed by atoms with Crippen LogP contribution in [-0.2, 0) is 14.3 Å². The number of rotatable bonds is 8. The van der Waals surface area contributed by atoms with E-state index in [0.29, 0.717) is 0 Å². The summed E-state index contributed by atoms with van der Waals surface area (Å²) in [6.45, 7) is 2.39. The summed E-state index contributed by atoms with van der Waals surface area (Å²) in [5, 5.41) is 11.5. The van der Waals surface area contributed by atoms with E-state index in [1.807, 2.05) is 48.5 Å². The van der Waals surface area contributed by atoms with Crippen LogP contribution in [0.3, 0.4) is 0 Å². The third-order valence-electron chi connectivity index (χ3n) is 6.73. The summed E-state index contributed by atoms with van der Waals surface area (Å²) in [5.41, 5.74) is 4.20. The molecule has 3 atom stereocenters. The summed E-state index contributed by atoms with van der Waals surface area (Å²) in [6, 6.07) is 14.4. The van der Waals surface area contributed by atoms with E-state index in [-0.39, 0.29) is 19.1 Å². The van der Waals surface area contributed by atoms with E-state index in [0.717, 1.165) is 27.2 Å². The monoisotopic (exact) mass is 472 g/mol. The van der Waals surface area contributed by atoms with Crippen molar-refractivity contribution in [1.82, 2.24) is 10.2 Å². The van der Waals surface area contributed by atoms with Crippen molar-refractivity contribution in [3.05, 3.63) is 59.7 Å². The van der Waals surface area contributed by atoms with Crippen molar-refractivity contribution in [1.29, 1.82) is 0 Å². The van der Waals surface area contributed by atoms with Gasteiger partial charge in [0.1, 0.15) is 18.6 Å². The van der Waals surface area contributed by atoms with Crippen LogP contribution in [0.4, 0.5) is 13.6 Å². The molecule has 0 heterocycles. The van der Waals surface area contributed by atoms with Gasteiger partial charge in [0.2, 0.25) is 5.91 Å². The second-order valence-electron chi connectivity index (χ2n) is 8.60. The van der Waals surface area contributed by atoms with Gasteiger partial charge in [0.15, 0.2) is 0 Å². The molecule has 0 aliphatic heterocycles. The van der Waals surface area contributed by atoms with Crippen LogP contribution >= 0.6 is 0 Å². The molecule has 2 N–H and O–H groups in total. The number of halogens is 2. The van der Waals surface area contributed by atoms with Crippen molar-refractivity contribution in [2.24, 2.45) is 11.8 Å². The van der Waals surface area contributed by atoms with Gasteiger partial charge in [-0.3, -0.25) is 4.79 Å². The lowest BCUT2D eigenvalue weighted by molar-refractivity contribution is -0.150. The van der Waals surface area contributed by atoms with Gasteiger partial charge >= 0.3 is 12.1 Å². The number of likely N-dealkylation sites (N-methyl/N-ethyl adjacent to an activating group) is 1. The number of nitrogens with one attached hydrogen (secondary N) is 1. The van der Waals surface area contributed by atoms with Gasteiger partial charge in [0.05, 0.1) is 5.92 Å².